The van der Waals surface area contributed by atoms with Gasteiger partial charge >= 0.3 is 0 Å². The highest BCUT2D eigenvalue weighted by molar-refractivity contribution is 7.92. The van der Waals surface area contributed by atoms with Crippen molar-refractivity contribution >= 4 is 38.9 Å². The van der Waals surface area contributed by atoms with Crippen molar-refractivity contribution in [3.05, 3.63) is 77.3 Å². The van der Waals surface area contributed by atoms with E-state index < -0.39 is 10.0 Å². The maximum absolute atomic E-state index is 13.0. The molecule has 0 spiro atoms. The van der Waals surface area contributed by atoms with Gasteiger partial charge < -0.3 is 14.8 Å². The molecule has 162 valence electrons. The zero-order valence-corrected chi connectivity index (χ0v) is 18.7. The Morgan fingerprint density at radius 3 is 2.23 bits per heavy atom. The fourth-order valence-corrected chi connectivity index (χ4v) is 4.27. The Morgan fingerprint density at radius 2 is 1.61 bits per heavy atom. The lowest BCUT2D eigenvalue weighted by Crippen LogP contribution is -2.26. The number of ether oxygens (including phenoxy) is 2. The third-order valence-corrected chi connectivity index (χ3v) is 6.61. The Balaban J connectivity index is 1.80. The maximum Gasteiger partial charge on any atom is 0.264 e. The molecule has 0 heterocycles. The molecule has 0 saturated carbocycles. The maximum atomic E-state index is 13.0. The standard InChI is InChI=1S/C22H21ClN2O5S/c1-25(31(27,28)19-11-12-20(29-2)21(14-19)30-3)18-9-7-15(8-10-18)22(26)24-17-6-4-5-16(23)13-17/h4-14H,1-3H3,(H,24,26). The molecule has 0 bridgehead atoms. The Kier molecular flexibility index (Phi) is 6.72. The second-order valence-corrected chi connectivity index (χ2v) is 8.91. The number of rotatable bonds is 7. The topological polar surface area (TPSA) is 84.9 Å². The van der Waals surface area contributed by atoms with E-state index in [-0.39, 0.29) is 10.8 Å². The quantitative estimate of drug-likeness (QED) is 0.563. The van der Waals surface area contributed by atoms with E-state index in [9.17, 15) is 13.2 Å². The second-order valence-electron chi connectivity index (χ2n) is 6.50. The van der Waals surface area contributed by atoms with Gasteiger partial charge in [0.15, 0.2) is 11.5 Å². The molecule has 1 amide bonds. The van der Waals surface area contributed by atoms with Crippen LogP contribution in [0.3, 0.4) is 0 Å². The molecule has 9 heteroatoms. The van der Waals surface area contributed by atoms with Gasteiger partial charge in [-0.25, -0.2) is 8.42 Å². The SMILES string of the molecule is COc1ccc(S(=O)(=O)N(C)c2ccc(C(=O)Nc3cccc(Cl)c3)cc2)cc1OC. The van der Waals surface area contributed by atoms with E-state index in [2.05, 4.69) is 5.32 Å². The van der Waals surface area contributed by atoms with Crippen LogP contribution in [0.25, 0.3) is 0 Å². The van der Waals surface area contributed by atoms with Crippen LogP contribution in [0.1, 0.15) is 10.4 Å². The lowest BCUT2D eigenvalue weighted by Gasteiger charge is -2.20. The van der Waals surface area contributed by atoms with Gasteiger partial charge in [-0.1, -0.05) is 17.7 Å². The number of benzene rings is 3. The number of carbonyl (C=O) groups excluding carboxylic acids is 1. The Morgan fingerprint density at radius 1 is 0.935 bits per heavy atom. The molecular formula is C22H21ClN2O5S. The Bertz CT molecular complexity index is 1200. The van der Waals surface area contributed by atoms with Gasteiger partial charge in [-0.3, -0.25) is 9.10 Å². The molecule has 3 rings (SSSR count). The monoisotopic (exact) mass is 460 g/mol. The van der Waals surface area contributed by atoms with E-state index in [0.29, 0.717) is 33.5 Å². The third kappa shape index (κ3) is 4.92. The lowest BCUT2D eigenvalue weighted by atomic mass is 10.2. The van der Waals surface area contributed by atoms with Gasteiger partial charge in [0.1, 0.15) is 0 Å². The molecular weight excluding hydrogens is 440 g/mol. The number of nitrogens with one attached hydrogen (secondary N) is 1. The zero-order chi connectivity index (χ0) is 22.6. The van der Waals surface area contributed by atoms with Crippen LogP contribution in [0.15, 0.2) is 71.6 Å². The first-order chi connectivity index (χ1) is 14.8. The van der Waals surface area contributed by atoms with E-state index in [1.807, 2.05) is 0 Å². The summed E-state index contributed by atoms with van der Waals surface area (Å²) in [6.45, 7) is 0. The molecule has 0 atom stereocenters. The molecule has 31 heavy (non-hydrogen) atoms. The number of amides is 1. The molecule has 0 radical (unpaired) electrons. The summed E-state index contributed by atoms with van der Waals surface area (Å²) < 4.78 is 37.5. The molecule has 0 saturated heterocycles. The largest absolute Gasteiger partial charge is 0.493 e. The summed E-state index contributed by atoms with van der Waals surface area (Å²) in [4.78, 5) is 12.5. The van der Waals surface area contributed by atoms with E-state index in [0.717, 1.165) is 4.31 Å². The van der Waals surface area contributed by atoms with Crippen molar-refractivity contribution in [2.75, 3.05) is 30.9 Å². The van der Waals surface area contributed by atoms with Crippen LogP contribution in [-0.2, 0) is 10.0 Å². The van der Waals surface area contributed by atoms with Crippen molar-refractivity contribution in [2.24, 2.45) is 0 Å². The average molecular weight is 461 g/mol. The molecule has 0 unspecified atom stereocenters. The minimum atomic E-state index is -3.85. The average Bonchev–Trinajstić information content (AvgIpc) is 2.78. The van der Waals surface area contributed by atoms with Crippen LogP contribution in [0.4, 0.5) is 11.4 Å². The van der Waals surface area contributed by atoms with Crippen molar-refractivity contribution in [1.82, 2.24) is 0 Å². The van der Waals surface area contributed by atoms with Crippen molar-refractivity contribution < 1.29 is 22.7 Å². The van der Waals surface area contributed by atoms with Gasteiger partial charge in [-0.15, -0.1) is 0 Å². The number of anilines is 2. The number of sulfonamides is 1. The molecule has 3 aromatic rings. The summed E-state index contributed by atoms with van der Waals surface area (Å²) in [6.07, 6.45) is 0. The number of methoxy groups -OCH3 is 2. The van der Waals surface area contributed by atoms with Crippen molar-refractivity contribution in [3.63, 3.8) is 0 Å². The summed E-state index contributed by atoms with van der Waals surface area (Å²) in [7, 11) is 0.494. The van der Waals surface area contributed by atoms with E-state index >= 15 is 0 Å². The molecule has 0 aliphatic heterocycles. The first-order valence-corrected chi connectivity index (χ1v) is 11.0. The summed E-state index contributed by atoms with van der Waals surface area (Å²) in [5.41, 5.74) is 1.34. The summed E-state index contributed by atoms with van der Waals surface area (Å²) in [5, 5.41) is 3.26. The molecule has 0 fully saturated rings. The van der Waals surface area contributed by atoms with Crippen LogP contribution < -0.4 is 19.1 Å². The van der Waals surface area contributed by atoms with Gasteiger partial charge in [0.2, 0.25) is 0 Å². The zero-order valence-electron chi connectivity index (χ0n) is 17.1. The first-order valence-electron chi connectivity index (χ1n) is 9.14. The van der Waals surface area contributed by atoms with Crippen LogP contribution in [0, 0.1) is 0 Å². The van der Waals surface area contributed by atoms with E-state index in [4.69, 9.17) is 21.1 Å². The first kappa shape index (κ1) is 22.5. The number of hydrogen-bond acceptors (Lipinski definition) is 5. The highest BCUT2D eigenvalue weighted by Crippen LogP contribution is 2.31. The number of halogens is 1. The van der Waals surface area contributed by atoms with Gasteiger partial charge in [0, 0.05) is 29.4 Å². The van der Waals surface area contributed by atoms with Crippen LogP contribution >= 0.6 is 11.6 Å². The second kappa shape index (κ2) is 9.28. The molecule has 1 N–H and O–H groups in total. The molecule has 0 aliphatic carbocycles. The Labute approximate surface area is 186 Å². The van der Waals surface area contributed by atoms with Crippen molar-refractivity contribution in [3.8, 4) is 11.5 Å². The highest BCUT2D eigenvalue weighted by atomic mass is 35.5. The van der Waals surface area contributed by atoms with Crippen molar-refractivity contribution in [2.45, 2.75) is 4.90 Å². The summed E-state index contributed by atoms with van der Waals surface area (Å²) in [5.74, 6) is 0.406. The van der Waals surface area contributed by atoms with Gasteiger partial charge in [0.05, 0.1) is 24.8 Å². The number of nitrogens with zero attached hydrogens (tertiary/aromatic N) is 1. The smallest absolute Gasteiger partial charge is 0.264 e. The number of carbonyl (C=O) groups is 1. The summed E-state index contributed by atoms with van der Waals surface area (Å²) >= 11 is 5.93. The van der Waals surface area contributed by atoms with Crippen LogP contribution in [0.2, 0.25) is 5.02 Å². The van der Waals surface area contributed by atoms with Gasteiger partial charge in [0.25, 0.3) is 15.9 Å². The highest BCUT2D eigenvalue weighted by Gasteiger charge is 2.23. The third-order valence-electron chi connectivity index (χ3n) is 4.59. The fourth-order valence-electron chi connectivity index (χ4n) is 2.87. The molecule has 0 aromatic heterocycles. The summed E-state index contributed by atoms with van der Waals surface area (Å²) in [6, 6.07) is 17.4. The lowest BCUT2D eigenvalue weighted by molar-refractivity contribution is 0.102. The van der Waals surface area contributed by atoms with E-state index in [1.54, 1.807) is 48.5 Å². The number of hydrogen-bond donors (Lipinski definition) is 1. The van der Waals surface area contributed by atoms with Crippen molar-refractivity contribution in [1.29, 1.82) is 0 Å². The van der Waals surface area contributed by atoms with E-state index in [1.165, 1.54) is 39.5 Å². The minimum absolute atomic E-state index is 0.0513. The molecule has 3 aromatic carbocycles. The fraction of sp³-hybridized carbons (Fsp3) is 0.136. The normalized spacial score (nSPS) is 11.0. The predicted molar refractivity (Wildman–Crippen MR) is 121 cm³/mol. The van der Waals surface area contributed by atoms with Crippen LogP contribution in [-0.4, -0.2) is 35.6 Å². The predicted octanol–water partition coefficient (Wildman–Crippen LogP) is 4.43. The van der Waals surface area contributed by atoms with Crippen LogP contribution in [0.5, 0.6) is 11.5 Å². The minimum Gasteiger partial charge on any atom is -0.493 e. The van der Waals surface area contributed by atoms with Gasteiger partial charge in [-0.2, -0.15) is 0 Å². The van der Waals surface area contributed by atoms with Gasteiger partial charge in [-0.05, 0) is 54.6 Å². The molecule has 0 aliphatic rings. The molecule has 7 nitrogen and oxygen atoms in total. The Hall–Kier alpha value is -3.23.